The van der Waals surface area contributed by atoms with Gasteiger partial charge in [-0.15, -0.1) is 0 Å². The summed E-state index contributed by atoms with van der Waals surface area (Å²) in [6.07, 6.45) is 3.06. The highest BCUT2D eigenvalue weighted by atomic mass is 35.5. The maximum Gasteiger partial charge on any atom is 0.416 e. The molecule has 0 unspecified atom stereocenters. The van der Waals surface area contributed by atoms with Crippen molar-refractivity contribution in [2.75, 3.05) is 68.7 Å². The first-order chi connectivity index (χ1) is 27.1. The molecule has 292 valence electrons. The number of pyridine rings is 2. The van der Waals surface area contributed by atoms with E-state index in [0.29, 0.717) is 21.7 Å². The number of rotatable bonds is 9. The van der Waals surface area contributed by atoms with E-state index in [9.17, 15) is 13.2 Å². The molecule has 0 atom stereocenters. The fourth-order valence-corrected chi connectivity index (χ4v) is 8.25. The molecule has 0 spiro atoms. The average molecular weight is 840 g/mol. The second kappa shape index (κ2) is 18.3. The number of hydrogen-bond acceptors (Lipinski definition) is 12. The van der Waals surface area contributed by atoms with Crippen molar-refractivity contribution >= 4 is 56.5 Å². The van der Waals surface area contributed by atoms with Crippen molar-refractivity contribution in [1.82, 2.24) is 38.5 Å². The topological polar surface area (TPSA) is 90.3 Å². The third-order valence-corrected chi connectivity index (χ3v) is 11.7. The van der Waals surface area contributed by atoms with Gasteiger partial charge in [-0.2, -0.15) is 31.9 Å². The second-order valence-electron chi connectivity index (χ2n) is 13.5. The summed E-state index contributed by atoms with van der Waals surface area (Å²) in [5.74, 6) is 1.32. The molecule has 6 heterocycles. The van der Waals surface area contributed by atoms with E-state index in [0.717, 1.165) is 111 Å². The Bertz CT molecular complexity index is 2180. The van der Waals surface area contributed by atoms with Crippen molar-refractivity contribution in [2.45, 2.75) is 26.1 Å². The summed E-state index contributed by atoms with van der Waals surface area (Å²) < 4.78 is 46.9. The van der Waals surface area contributed by atoms with E-state index < -0.39 is 11.7 Å². The van der Waals surface area contributed by atoms with Gasteiger partial charge in [0.1, 0.15) is 0 Å². The lowest BCUT2D eigenvalue weighted by Crippen LogP contribution is -2.47. The molecular formula is C39H39Cl2F3N10S2. The number of aromatic nitrogens is 6. The highest BCUT2D eigenvalue weighted by Gasteiger charge is 2.30. The molecule has 0 amide bonds. The number of nitrogens with zero attached hydrogens (tertiary/aromatic N) is 10. The van der Waals surface area contributed by atoms with Crippen LogP contribution < -0.4 is 9.80 Å². The van der Waals surface area contributed by atoms with Gasteiger partial charge in [-0.05, 0) is 54.3 Å². The van der Waals surface area contributed by atoms with Crippen molar-refractivity contribution in [2.24, 2.45) is 0 Å². The van der Waals surface area contributed by atoms with Crippen molar-refractivity contribution in [3.8, 4) is 22.8 Å². The number of hydrogen-bond donors (Lipinski definition) is 0. The molecule has 0 saturated carbocycles. The monoisotopic (exact) mass is 838 g/mol. The maximum atomic E-state index is 12.7. The normalized spacial score (nSPS) is 15.5. The predicted octanol–water partition coefficient (Wildman–Crippen LogP) is 8.52. The highest BCUT2D eigenvalue weighted by molar-refractivity contribution is 7.10. The first kappa shape index (κ1) is 40.0. The summed E-state index contributed by atoms with van der Waals surface area (Å²) in [4.78, 5) is 26.8. The van der Waals surface area contributed by atoms with Crippen molar-refractivity contribution in [1.29, 1.82) is 0 Å². The van der Waals surface area contributed by atoms with Gasteiger partial charge < -0.3 is 9.80 Å². The van der Waals surface area contributed by atoms with Gasteiger partial charge in [-0.25, -0.2) is 0 Å². The number of benzene rings is 2. The second-order valence-corrected chi connectivity index (χ2v) is 15.9. The maximum absolute atomic E-state index is 12.7. The quantitative estimate of drug-likeness (QED) is 0.141. The molecule has 2 saturated heterocycles. The van der Waals surface area contributed by atoms with Crippen LogP contribution in [0.2, 0.25) is 10.0 Å². The van der Waals surface area contributed by atoms with Gasteiger partial charge in [-0.1, -0.05) is 59.6 Å². The number of piperazine rings is 2. The Balaban J connectivity index is 0.000000173. The zero-order valence-corrected chi connectivity index (χ0v) is 33.7. The Hall–Kier alpha value is -4.25. The summed E-state index contributed by atoms with van der Waals surface area (Å²) in [5.41, 5.74) is 4.73. The molecule has 2 fully saturated rings. The van der Waals surface area contributed by atoms with E-state index in [1.54, 1.807) is 43.0 Å². The summed E-state index contributed by atoms with van der Waals surface area (Å²) in [6, 6.07) is 17.7. The Morgan fingerprint density at radius 3 is 1.68 bits per heavy atom. The summed E-state index contributed by atoms with van der Waals surface area (Å²) in [6.45, 7) is 11.4. The van der Waals surface area contributed by atoms with Crippen LogP contribution in [-0.2, 0) is 19.1 Å². The van der Waals surface area contributed by atoms with Crippen LogP contribution in [-0.4, -0.2) is 97.4 Å². The van der Waals surface area contributed by atoms with Crippen LogP contribution in [0.15, 0.2) is 85.5 Å². The molecule has 17 heteroatoms. The van der Waals surface area contributed by atoms with E-state index in [1.165, 1.54) is 34.2 Å². The van der Waals surface area contributed by atoms with Crippen LogP contribution in [0.25, 0.3) is 22.8 Å². The Morgan fingerprint density at radius 1 is 0.661 bits per heavy atom. The fourth-order valence-electron chi connectivity index (χ4n) is 6.43. The highest BCUT2D eigenvalue weighted by Crippen LogP contribution is 2.30. The van der Waals surface area contributed by atoms with Crippen LogP contribution in [0.1, 0.15) is 22.3 Å². The Morgan fingerprint density at radius 2 is 1.18 bits per heavy atom. The molecule has 0 radical (unpaired) electrons. The largest absolute Gasteiger partial charge is 0.416 e. The Labute approximate surface area is 341 Å². The summed E-state index contributed by atoms with van der Waals surface area (Å²) in [5, 5.41) is 2.98. The van der Waals surface area contributed by atoms with Gasteiger partial charge in [0.05, 0.1) is 15.6 Å². The number of anilines is 2. The molecule has 56 heavy (non-hydrogen) atoms. The fraction of sp³-hybridized carbons (Fsp3) is 0.333. The lowest BCUT2D eigenvalue weighted by Gasteiger charge is -2.34. The van der Waals surface area contributed by atoms with Crippen LogP contribution in [0, 0.1) is 6.92 Å². The van der Waals surface area contributed by atoms with Crippen LogP contribution in [0.3, 0.4) is 0 Å². The smallest absolute Gasteiger partial charge is 0.344 e. The molecule has 0 N–H and O–H groups in total. The SMILES string of the molecule is Cc1ccccc1CN1CCN(c2nc(-c3cncc(Cl)c3)ns2)CC1.FC(F)(F)c1ccc(CCN2CCN(c3nc(-c4cncc(Cl)c4)ns3)CC2)cc1. The molecular weight excluding hydrogens is 801 g/mol. The van der Waals surface area contributed by atoms with Gasteiger partial charge in [0.25, 0.3) is 0 Å². The van der Waals surface area contributed by atoms with Crippen LogP contribution >= 0.6 is 46.3 Å². The van der Waals surface area contributed by atoms with E-state index in [1.807, 2.05) is 6.07 Å². The molecule has 2 aromatic carbocycles. The van der Waals surface area contributed by atoms with Gasteiger partial charge in [0.15, 0.2) is 11.6 Å². The molecule has 6 aromatic rings. The molecule has 4 aromatic heterocycles. The third-order valence-electron chi connectivity index (χ3n) is 9.70. The molecule has 2 aliphatic rings. The predicted molar refractivity (Wildman–Crippen MR) is 219 cm³/mol. The number of halogens is 5. The van der Waals surface area contributed by atoms with E-state index in [4.69, 9.17) is 23.2 Å². The van der Waals surface area contributed by atoms with Crippen LogP contribution in [0.5, 0.6) is 0 Å². The van der Waals surface area contributed by atoms with E-state index in [-0.39, 0.29) is 0 Å². The lowest BCUT2D eigenvalue weighted by atomic mass is 10.1. The molecule has 2 aliphatic heterocycles. The summed E-state index contributed by atoms with van der Waals surface area (Å²) in [7, 11) is 0. The molecule has 0 aliphatic carbocycles. The molecule has 8 rings (SSSR count). The van der Waals surface area contributed by atoms with Gasteiger partial charge >= 0.3 is 6.18 Å². The van der Waals surface area contributed by atoms with Gasteiger partial charge in [0, 0.05) is 124 Å². The van der Waals surface area contributed by atoms with Crippen molar-refractivity contribution in [3.63, 3.8) is 0 Å². The Kier molecular flexibility index (Phi) is 13.1. The minimum absolute atomic E-state index is 0.547. The third kappa shape index (κ3) is 10.6. The zero-order chi connectivity index (χ0) is 39.1. The molecule has 0 bridgehead atoms. The van der Waals surface area contributed by atoms with Crippen LogP contribution in [0.4, 0.5) is 23.4 Å². The minimum Gasteiger partial charge on any atom is -0.344 e. The van der Waals surface area contributed by atoms with Gasteiger partial charge in [-0.3, -0.25) is 19.8 Å². The first-order valence-corrected chi connectivity index (χ1v) is 20.4. The number of alkyl halides is 3. The average Bonchev–Trinajstić information content (AvgIpc) is 3.91. The standard InChI is InChI=1S/C20H19ClF3N5S.C19H20ClN5S/c21-17-11-15(12-25-13-17)18-26-19(30-27-18)29-9-7-28(8-10-29)6-5-14-1-3-16(4-2-14)20(22,23)24;1-14-4-2-3-5-15(14)13-24-6-8-25(9-7-24)19-22-18(23-26-19)16-10-17(20)12-21-11-16/h1-4,11-13H,5-10H2;2-5,10-12H,6-9,13H2,1H3. The van der Waals surface area contributed by atoms with E-state index in [2.05, 4.69) is 79.5 Å². The van der Waals surface area contributed by atoms with E-state index >= 15 is 0 Å². The first-order valence-electron chi connectivity index (χ1n) is 18.1. The van der Waals surface area contributed by atoms with Gasteiger partial charge in [0.2, 0.25) is 10.3 Å². The molecule has 10 nitrogen and oxygen atoms in total. The summed E-state index contributed by atoms with van der Waals surface area (Å²) >= 11 is 14.8. The lowest BCUT2D eigenvalue weighted by molar-refractivity contribution is -0.137. The number of aryl methyl sites for hydroxylation is 1. The van der Waals surface area contributed by atoms with Crippen molar-refractivity contribution < 1.29 is 13.2 Å². The zero-order valence-electron chi connectivity index (χ0n) is 30.5. The van der Waals surface area contributed by atoms with Crippen molar-refractivity contribution in [3.05, 3.63) is 118 Å². The minimum atomic E-state index is -4.29.